The molecule has 1 N–H and O–H groups in total. The summed E-state index contributed by atoms with van der Waals surface area (Å²) in [5, 5.41) is 1.35. The van der Waals surface area contributed by atoms with Crippen LogP contribution in [0.1, 0.15) is 53.3 Å². The first-order valence-corrected chi connectivity index (χ1v) is 9.84. The Bertz CT molecular complexity index is 991. The van der Waals surface area contributed by atoms with Crippen LogP contribution in [0.25, 0.3) is 10.9 Å². The Morgan fingerprint density at radius 2 is 1.93 bits per heavy atom. The van der Waals surface area contributed by atoms with Crippen LogP contribution in [0.5, 0.6) is 0 Å². The van der Waals surface area contributed by atoms with E-state index in [4.69, 9.17) is 0 Å². The van der Waals surface area contributed by atoms with Gasteiger partial charge in [-0.3, -0.25) is 9.69 Å². The van der Waals surface area contributed by atoms with Crippen LogP contribution in [0.3, 0.4) is 0 Å². The minimum absolute atomic E-state index is 0.104. The predicted molar refractivity (Wildman–Crippen MR) is 104 cm³/mol. The van der Waals surface area contributed by atoms with Crippen molar-refractivity contribution in [3.8, 4) is 0 Å². The number of hydrogen-bond donors (Lipinski definition) is 1. The normalized spacial score (nSPS) is 21.5. The molecule has 3 heterocycles. The third-order valence-corrected chi connectivity index (χ3v) is 6.23. The molecular weight excluding hydrogens is 339 g/mol. The fourth-order valence-electron chi connectivity index (χ4n) is 5.00. The highest BCUT2D eigenvalue weighted by molar-refractivity contribution is 5.96. The second-order valence-corrected chi connectivity index (χ2v) is 7.79. The molecule has 1 saturated heterocycles. The van der Waals surface area contributed by atoms with Crippen molar-refractivity contribution in [2.45, 2.75) is 44.2 Å². The van der Waals surface area contributed by atoms with Crippen molar-refractivity contribution in [3.05, 3.63) is 71.2 Å². The Hall–Kier alpha value is -2.46. The van der Waals surface area contributed by atoms with Gasteiger partial charge < -0.3 is 4.98 Å². The minimum atomic E-state index is -0.300. The molecule has 0 amide bonds. The zero-order chi connectivity index (χ0) is 18.4. The molecule has 2 aliphatic rings. The van der Waals surface area contributed by atoms with Crippen molar-refractivity contribution in [2.24, 2.45) is 0 Å². The summed E-state index contributed by atoms with van der Waals surface area (Å²) in [7, 11) is 0. The van der Waals surface area contributed by atoms with Crippen LogP contribution in [-0.2, 0) is 6.42 Å². The zero-order valence-electron chi connectivity index (χ0n) is 15.2. The number of nitrogens with zero attached hydrogens (tertiary/aromatic N) is 1. The van der Waals surface area contributed by atoms with Gasteiger partial charge in [0.05, 0.1) is 0 Å². The first kappa shape index (κ1) is 16.7. The van der Waals surface area contributed by atoms with Crippen LogP contribution in [0.2, 0.25) is 0 Å². The maximum Gasteiger partial charge on any atom is 0.162 e. The lowest BCUT2D eigenvalue weighted by Gasteiger charge is -2.35. The monoisotopic (exact) mass is 362 g/mol. The van der Waals surface area contributed by atoms with Gasteiger partial charge in [0.1, 0.15) is 5.82 Å². The summed E-state index contributed by atoms with van der Waals surface area (Å²) >= 11 is 0. The van der Waals surface area contributed by atoms with Gasteiger partial charge in [-0.05, 0) is 61.7 Å². The third kappa shape index (κ3) is 2.88. The molecule has 0 aliphatic carbocycles. The molecule has 2 aromatic carbocycles. The van der Waals surface area contributed by atoms with Gasteiger partial charge in [0, 0.05) is 47.1 Å². The van der Waals surface area contributed by atoms with Gasteiger partial charge in [0.25, 0.3) is 0 Å². The molecule has 0 spiro atoms. The summed E-state index contributed by atoms with van der Waals surface area (Å²) in [6.45, 7) is 0.946. The Balaban J connectivity index is 1.29. The number of H-pyrrole nitrogens is 1. The molecule has 5 rings (SSSR count). The number of halogens is 1. The highest BCUT2D eigenvalue weighted by Crippen LogP contribution is 2.46. The smallest absolute Gasteiger partial charge is 0.162 e. The van der Waals surface area contributed by atoms with E-state index in [-0.39, 0.29) is 11.6 Å². The number of carbonyl (C=O) groups excluding carboxylic acids is 1. The number of carbonyl (C=O) groups is 1. The lowest BCUT2D eigenvalue weighted by Crippen LogP contribution is -2.38. The number of fused-ring (bicyclic) bond motifs is 6. The number of ketones is 1. The van der Waals surface area contributed by atoms with E-state index in [0.717, 1.165) is 19.4 Å². The number of aromatic amines is 1. The molecule has 2 atom stereocenters. The van der Waals surface area contributed by atoms with Gasteiger partial charge in [-0.2, -0.15) is 0 Å². The maximum absolute atomic E-state index is 13.0. The summed E-state index contributed by atoms with van der Waals surface area (Å²) in [5.41, 5.74) is 4.73. The van der Waals surface area contributed by atoms with Gasteiger partial charge in [-0.1, -0.05) is 18.2 Å². The number of aromatic nitrogens is 1. The van der Waals surface area contributed by atoms with Gasteiger partial charge in [-0.15, -0.1) is 0 Å². The fraction of sp³-hybridized carbons (Fsp3) is 0.348. The van der Waals surface area contributed by atoms with E-state index in [1.54, 1.807) is 12.1 Å². The van der Waals surface area contributed by atoms with Crippen molar-refractivity contribution < 1.29 is 9.18 Å². The number of nitrogens with one attached hydrogen (secondary N) is 1. The third-order valence-electron chi connectivity index (χ3n) is 6.23. The molecule has 4 heteroatoms. The lowest BCUT2D eigenvalue weighted by atomic mass is 9.96. The second-order valence-electron chi connectivity index (χ2n) is 7.79. The van der Waals surface area contributed by atoms with Gasteiger partial charge in [-0.25, -0.2) is 4.39 Å². The van der Waals surface area contributed by atoms with Crippen LogP contribution in [0.4, 0.5) is 4.39 Å². The van der Waals surface area contributed by atoms with E-state index in [2.05, 4.69) is 34.1 Å². The van der Waals surface area contributed by atoms with Crippen LogP contribution in [-0.4, -0.2) is 28.3 Å². The van der Waals surface area contributed by atoms with E-state index in [0.29, 0.717) is 24.1 Å². The molecule has 1 aromatic heterocycles. The molecule has 1 fully saturated rings. The first-order chi connectivity index (χ1) is 13.2. The van der Waals surface area contributed by atoms with Crippen molar-refractivity contribution in [1.82, 2.24) is 9.88 Å². The van der Waals surface area contributed by atoms with Crippen molar-refractivity contribution in [2.75, 3.05) is 6.54 Å². The van der Waals surface area contributed by atoms with Crippen molar-refractivity contribution in [1.29, 1.82) is 0 Å². The topological polar surface area (TPSA) is 36.1 Å². The average molecular weight is 362 g/mol. The van der Waals surface area contributed by atoms with E-state index in [9.17, 15) is 9.18 Å². The minimum Gasteiger partial charge on any atom is -0.358 e. The van der Waals surface area contributed by atoms with Gasteiger partial charge in [0.2, 0.25) is 0 Å². The highest BCUT2D eigenvalue weighted by Gasteiger charge is 2.41. The second kappa shape index (κ2) is 6.61. The Labute approximate surface area is 158 Å². The fourth-order valence-corrected chi connectivity index (χ4v) is 5.00. The Morgan fingerprint density at radius 1 is 1.11 bits per heavy atom. The van der Waals surface area contributed by atoms with Crippen LogP contribution >= 0.6 is 0 Å². The van der Waals surface area contributed by atoms with Gasteiger partial charge in [0.15, 0.2) is 5.78 Å². The molecule has 0 radical (unpaired) electrons. The molecule has 27 heavy (non-hydrogen) atoms. The molecule has 0 unspecified atom stereocenters. The van der Waals surface area contributed by atoms with Crippen LogP contribution < -0.4 is 0 Å². The van der Waals surface area contributed by atoms with E-state index < -0.39 is 0 Å². The van der Waals surface area contributed by atoms with E-state index in [1.807, 2.05) is 0 Å². The number of hydrogen-bond acceptors (Lipinski definition) is 2. The van der Waals surface area contributed by atoms with Crippen LogP contribution in [0, 0.1) is 5.82 Å². The molecule has 2 aliphatic heterocycles. The van der Waals surface area contributed by atoms with Crippen molar-refractivity contribution in [3.63, 3.8) is 0 Å². The molecule has 138 valence electrons. The summed E-state index contributed by atoms with van der Waals surface area (Å²) in [5.74, 6) is -0.196. The molecule has 0 saturated carbocycles. The SMILES string of the molecule is O=C(CCCN1[C@H]2CC[C@@H]1c1c([nH]c3ccccc13)C2)c1ccc(F)cc1. The van der Waals surface area contributed by atoms with E-state index >= 15 is 0 Å². The molecule has 2 bridgehead atoms. The standard InChI is InChI=1S/C23H23FN2O/c24-16-9-7-15(8-10-16)22(27)6-3-13-26-17-11-12-21(26)23-18-4-1-2-5-19(18)25-20(23)14-17/h1-2,4-5,7-10,17,21,25H,3,6,11-14H2/t17-,21+/m0/s1. The Kier molecular flexibility index (Phi) is 4.09. The van der Waals surface area contributed by atoms with Crippen LogP contribution in [0.15, 0.2) is 48.5 Å². The quantitative estimate of drug-likeness (QED) is 0.646. The van der Waals surface area contributed by atoms with Gasteiger partial charge >= 0.3 is 0 Å². The summed E-state index contributed by atoms with van der Waals surface area (Å²) in [6, 6.07) is 15.5. The predicted octanol–water partition coefficient (Wildman–Crippen LogP) is 5.03. The zero-order valence-corrected chi connectivity index (χ0v) is 15.2. The van der Waals surface area contributed by atoms with Crippen molar-refractivity contribution >= 4 is 16.7 Å². The highest BCUT2D eigenvalue weighted by atomic mass is 19.1. The van der Waals surface area contributed by atoms with E-state index in [1.165, 1.54) is 47.1 Å². The Morgan fingerprint density at radius 3 is 2.78 bits per heavy atom. The number of rotatable bonds is 5. The number of Topliss-reactive ketones (excluding diaryl/α,β-unsaturated/α-hetero) is 1. The maximum atomic E-state index is 13.0. The largest absolute Gasteiger partial charge is 0.358 e. The summed E-state index contributed by atoms with van der Waals surface area (Å²) in [4.78, 5) is 18.6. The first-order valence-electron chi connectivity index (χ1n) is 9.84. The number of benzene rings is 2. The summed E-state index contributed by atoms with van der Waals surface area (Å²) < 4.78 is 13.0. The molecule has 3 nitrogen and oxygen atoms in total. The lowest BCUT2D eigenvalue weighted by molar-refractivity contribution is 0.0966. The number of para-hydroxylation sites is 1. The molecule has 3 aromatic rings. The summed E-state index contributed by atoms with van der Waals surface area (Å²) in [6.07, 6.45) is 4.87. The molecular formula is C23H23FN2O. The average Bonchev–Trinajstić information content (AvgIpc) is 3.18.